The van der Waals surface area contributed by atoms with Crippen LogP contribution >= 0.6 is 34.9 Å². The lowest BCUT2D eigenvalue weighted by Gasteiger charge is -2.06. The summed E-state index contributed by atoms with van der Waals surface area (Å²) in [5.74, 6) is -0.116. The molecule has 0 aromatic carbocycles. The highest BCUT2D eigenvalue weighted by Crippen LogP contribution is 2.14. The first kappa shape index (κ1) is 15.1. The molecule has 0 saturated carbocycles. The summed E-state index contributed by atoms with van der Waals surface area (Å²) in [5.41, 5.74) is 0.659. The smallest absolute Gasteiger partial charge is 0.272 e. The van der Waals surface area contributed by atoms with Crippen molar-refractivity contribution in [2.75, 3.05) is 5.32 Å². The van der Waals surface area contributed by atoms with Crippen LogP contribution in [0.5, 0.6) is 0 Å². The van der Waals surface area contributed by atoms with Crippen LogP contribution in [0.3, 0.4) is 0 Å². The van der Waals surface area contributed by atoms with E-state index < -0.39 is 0 Å². The molecular weight excluding hydrogens is 340 g/mol. The van der Waals surface area contributed by atoms with Crippen LogP contribution in [0.15, 0.2) is 27.8 Å². The van der Waals surface area contributed by atoms with Gasteiger partial charge in [-0.15, -0.1) is 22.7 Å². The number of amides is 1. The number of hydrogen-bond acceptors (Lipinski definition) is 6. The van der Waals surface area contributed by atoms with Crippen molar-refractivity contribution in [2.24, 2.45) is 0 Å². The lowest BCUT2D eigenvalue weighted by Crippen LogP contribution is -2.22. The van der Waals surface area contributed by atoms with Crippen LogP contribution in [0, 0.1) is 4.77 Å². The highest BCUT2D eigenvalue weighted by atomic mass is 32.1. The lowest BCUT2D eigenvalue weighted by atomic mass is 10.3. The van der Waals surface area contributed by atoms with E-state index in [0.29, 0.717) is 34.0 Å². The summed E-state index contributed by atoms with van der Waals surface area (Å²) in [6.45, 7) is 0.410. The highest BCUT2D eigenvalue weighted by molar-refractivity contribution is 7.71. The average Bonchev–Trinajstić information content (AvgIpc) is 3.13. The molecule has 0 saturated heterocycles. The van der Waals surface area contributed by atoms with Crippen molar-refractivity contribution in [3.8, 4) is 0 Å². The molecule has 0 spiro atoms. The number of rotatable bonds is 5. The quantitative estimate of drug-likeness (QED) is 0.692. The number of thiophene rings is 1. The van der Waals surface area contributed by atoms with Crippen molar-refractivity contribution in [2.45, 2.75) is 19.4 Å². The molecule has 0 aliphatic heterocycles. The Morgan fingerprint density at radius 1 is 1.41 bits per heavy atom. The summed E-state index contributed by atoms with van der Waals surface area (Å²) in [6, 6.07) is 1.84. The molecule has 1 amide bonds. The van der Waals surface area contributed by atoms with Gasteiger partial charge in [-0.2, -0.15) is 0 Å². The summed E-state index contributed by atoms with van der Waals surface area (Å²) < 4.78 is 2.54. The maximum Gasteiger partial charge on any atom is 0.272 e. The molecule has 2 N–H and O–H groups in total. The van der Waals surface area contributed by atoms with Gasteiger partial charge >= 0.3 is 0 Å². The summed E-state index contributed by atoms with van der Waals surface area (Å²) in [5, 5.41) is 6.94. The van der Waals surface area contributed by atoms with Gasteiger partial charge in [-0.05, 0) is 30.1 Å². The predicted molar refractivity (Wildman–Crippen MR) is 91.2 cm³/mol. The molecule has 0 atom stereocenters. The second kappa shape index (κ2) is 6.51. The minimum atomic E-state index is -0.116. The molecule has 22 heavy (non-hydrogen) atoms. The number of carbonyl (C=O) groups excluding carboxylic acids is 1. The molecule has 114 valence electrons. The van der Waals surface area contributed by atoms with Gasteiger partial charge in [-0.25, -0.2) is 4.98 Å². The third kappa shape index (κ3) is 3.16. The van der Waals surface area contributed by atoms with Gasteiger partial charge in [0.15, 0.2) is 9.90 Å². The van der Waals surface area contributed by atoms with Gasteiger partial charge in [0.2, 0.25) is 5.91 Å². The van der Waals surface area contributed by atoms with E-state index in [0.717, 1.165) is 5.52 Å². The third-order valence-electron chi connectivity index (χ3n) is 3.06. The number of fused-ring (bicyclic) bond motifs is 1. The minimum absolute atomic E-state index is 0.103. The zero-order valence-corrected chi connectivity index (χ0v) is 13.8. The molecule has 0 bridgehead atoms. The van der Waals surface area contributed by atoms with E-state index in [1.165, 1.54) is 27.2 Å². The molecule has 9 heteroatoms. The van der Waals surface area contributed by atoms with E-state index in [2.05, 4.69) is 15.3 Å². The van der Waals surface area contributed by atoms with Crippen LogP contribution in [0.2, 0.25) is 0 Å². The Kier molecular flexibility index (Phi) is 4.46. The maximum atomic E-state index is 12.3. The van der Waals surface area contributed by atoms with E-state index >= 15 is 0 Å². The monoisotopic (exact) mass is 352 g/mol. The van der Waals surface area contributed by atoms with Gasteiger partial charge in [0, 0.05) is 24.5 Å². The standard InChI is InChI=1S/C13H12N4O2S3/c18-9(16-12-14-4-7-22-12)2-1-5-17-11(19)10-8(3-6-21-10)15-13(17)20/h3-4,6-7H,1-2,5H2,(H,15,20)(H,14,16,18). The average molecular weight is 352 g/mol. The number of carbonyl (C=O) groups is 1. The fraction of sp³-hybridized carbons (Fsp3) is 0.231. The van der Waals surface area contributed by atoms with Crippen molar-refractivity contribution in [3.63, 3.8) is 0 Å². The molecule has 0 aliphatic rings. The van der Waals surface area contributed by atoms with E-state index in [-0.39, 0.29) is 11.5 Å². The van der Waals surface area contributed by atoms with Gasteiger partial charge in [0.1, 0.15) is 4.70 Å². The molecule has 3 aromatic heterocycles. The maximum absolute atomic E-state index is 12.3. The van der Waals surface area contributed by atoms with Crippen molar-refractivity contribution >= 4 is 56.1 Å². The number of anilines is 1. The first-order chi connectivity index (χ1) is 10.6. The molecule has 0 fully saturated rings. The summed E-state index contributed by atoms with van der Waals surface area (Å²) >= 11 is 7.96. The number of hydrogen-bond donors (Lipinski definition) is 2. The Hall–Kier alpha value is -1.84. The molecule has 3 rings (SSSR count). The van der Waals surface area contributed by atoms with E-state index in [4.69, 9.17) is 12.2 Å². The Bertz CT molecular complexity index is 907. The molecule has 3 aromatic rings. The highest BCUT2D eigenvalue weighted by Gasteiger charge is 2.08. The molecule has 3 heterocycles. The summed E-state index contributed by atoms with van der Waals surface area (Å²) in [7, 11) is 0. The fourth-order valence-corrected chi connectivity index (χ4v) is 3.67. The van der Waals surface area contributed by atoms with Gasteiger partial charge < -0.3 is 10.3 Å². The van der Waals surface area contributed by atoms with Crippen LogP contribution in [-0.4, -0.2) is 20.4 Å². The SMILES string of the molecule is O=C(CCCn1c(=S)[nH]c2ccsc2c1=O)Nc1nccs1. The van der Waals surface area contributed by atoms with Crippen LogP contribution in [-0.2, 0) is 11.3 Å². The summed E-state index contributed by atoms with van der Waals surface area (Å²) in [4.78, 5) is 31.1. The van der Waals surface area contributed by atoms with Crippen LogP contribution in [0.25, 0.3) is 10.2 Å². The minimum Gasteiger partial charge on any atom is -0.331 e. The number of aromatic amines is 1. The zero-order valence-electron chi connectivity index (χ0n) is 11.4. The van der Waals surface area contributed by atoms with Crippen molar-refractivity contribution in [1.82, 2.24) is 14.5 Å². The topological polar surface area (TPSA) is 79.8 Å². The van der Waals surface area contributed by atoms with Gasteiger partial charge in [-0.1, -0.05) is 0 Å². The molecule has 0 unspecified atom stereocenters. The van der Waals surface area contributed by atoms with Crippen LogP contribution in [0.4, 0.5) is 5.13 Å². The molecule has 0 radical (unpaired) electrons. The largest absolute Gasteiger partial charge is 0.331 e. The van der Waals surface area contributed by atoms with E-state index in [9.17, 15) is 9.59 Å². The van der Waals surface area contributed by atoms with Crippen molar-refractivity contribution in [3.05, 3.63) is 38.1 Å². The predicted octanol–water partition coefficient (Wildman–Crippen LogP) is 3.00. The van der Waals surface area contributed by atoms with E-state index in [1.807, 2.05) is 11.4 Å². The molecule has 6 nitrogen and oxygen atoms in total. The van der Waals surface area contributed by atoms with Gasteiger partial charge in [-0.3, -0.25) is 14.2 Å². The number of aromatic nitrogens is 3. The van der Waals surface area contributed by atoms with Crippen molar-refractivity contribution in [1.29, 1.82) is 0 Å². The Labute approximate surface area is 138 Å². The number of H-pyrrole nitrogens is 1. The Morgan fingerprint density at radius 3 is 3.05 bits per heavy atom. The van der Waals surface area contributed by atoms with Gasteiger partial charge in [0.05, 0.1) is 5.52 Å². The molecule has 0 aliphatic carbocycles. The first-order valence-electron chi connectivity index (χ1n) is 6.55. The number of thiazole rings is 1. The summed E-state index contributed by atoms with van der Waals surface area (Å²) in [6.07, 6.45) is 2.48. The second-order valence-electron chi connectivity index (χ2n) is 4.54. The number of nitrogens with zero attached hydrogens (tertiary/aromatic N) is 2. The first-order valence-corrected chi connectivity index (χ1v) is 8.71. The fourth-order valence-electron chi connectivity index (χ4n) is 2.04. The Balaban J connectivity index is 1.65. The van der Waals surface area contributed by atoms with Crippen molar-refractivity contribution < 1.29 is 4.79 Å². The lowest BCUT2D eigenvalue weighted by molar-refractivity contribution is -0.116. The zero-order chi connectivity index (χ0) is 15.5. The normalized spacial score (nSPS) is 10.9. The van der Waals surface area contributed by atoms with Gasteiger partial charge in [0.25, 0.3) is 5.56 Å². The Morgan fingerprint density at radius 2 is 2.27 bits per heavy atom. The second-order valence-corrected chi connectivity index (χ2v) is 6.74. The van der Waals surface area contributed by atoms with E-state index in [1.54, 1.807) is 11.6 Å². The van der Waals surface area contributed by atoms with Crippen LogP contribution < -0.4 is 10.9 Å². The molecular formula is C13H12N4O2S3. The third-order valence-corrected chi connectivity index (χ3v) is 4.97. The van der Waals surface area contributed by atoms with Crippen LogP contribution in [0.1, 0.15) is 12.8 Å². The number of nitrogens with one attached hydrogen (secondary N) is 2.